The van der Waals surface area contributed by atoms with Gasteiger partial charge in [0.25, 0.3) is 11.8 Å². The van der Waals surface area contributed by atoms with E-state index in [1.165, 1.54) is 0 Å². The lowest BCUT2D eigenvalue weighted by molar-refractivity contribution is -0.121. The number of carbonyl (C=O) groups is 2. The van der Waals surface area contributed by atoms with Crippen LogP contribution in [0.25, 0.3) is 10.9 Å². The van der Waals surface area contributed by atoms with Crippen LogP contribution in [0, 0.1) is 0 Å². The molecule has 0 fully saturated rings. The van der Waals surface area contributed by atoms with Crippen LogP contribution in [0.4, 0.5) is 11.4 Å². The van der Waals surface area contributed by atoms with E-state index in [0.717, 1.165) is 17.3 Å². The molecule has 6 nitrogen and oxygen atoms in total. The number of aromatic amines is 1. The predicted octanol–water partition coefficient (Wildman–Crippen LogP) is 3.56. The van der Waals surface area contributed by atoms with Gasteiger partial charge in [0.1, 0.15) is 5.75 Å². The van der Waals surface area contributed by atoms with E-state index in [9.17, 15) is 9.59 Å². The van der Waals surface area contributed by atoms with Crippen molar-refractivity contribution in [3.05, 3.63) is 54.2 Å². The van der Waals surface area contributed by atoms with E-state index >= 15 is 0 Å². The van der Waals surface area contributed by atoms with Gasteiger partial charge in [0.2, 0.25) is 0 Å². The molecule has 0 saturated heterocycles. The molecule has 2 amide bonds. The van der Waals surface area contributed by atoms with E-state index in [4.69, 9.17) is 4.74 Å². The van der Waals surface area contributed by atoms with E-state index in [2.05, 4.69) is 10.3 Å². The van der Waals surface area contributed by atoms with Gasteiger partial charge in [-0.15, -0.1) is 0 Å². The van der Waals surface area contributed by atoms with Gasteiger partial charge in [-0.2, -0.15) is 0 Å². The largest absolute Gasteiger partial charge is 0.482 e. The van der Waals surface area contributed by atoms with Gasteiger partial charge in [0, 0.05) is 29.5 Å². The number of fused-ring (bicyclic) bond motifs is 2. The Morgan fingerprint density at radius 3 is 2.96 bits per heavy atom. The Kier molecular flexibility index (Phi) is 4.08. The third kappa shape index (κ3) is 2.90. The summed E-state index contributed by atoms with van der Waals surface area (Å²) in [5, 5.41) is 3.95. The first kappa shape index (κ1) is 16.2. The smallest absolute Gasteiger partial charge is 0.265 e. The van der Waals surface area contributed by atoms with Crippen LogP contribution in [0.15, 0.2) is 48.7 Å². The minimum absolute atomic E-state index is 0.0505. The molecule has 0 bridgehead atoms. The van der Waals surface area contributed by atoms with Crippen LogP contribution in [-0.2, 0) is 4.79 Å². The molecule has 132 valence electrons. The minimum atomic E-state index is -0.202. The highest BCUT2D eigenvalue weighted by Gasteiger charge is 2.25. The van der Waals surface area contributed by atoms with Crippen molar-refractivity contribution in [1.82, 2.24) is 4.98 Å². The number of H-pyrrole nitrogens is 1. The summed E-state index contributed by atoms with van der Waals surface area (Å²) < 4.78 is 5.49. The Morgan fingerprint density at radius 1 is 1.23 bits per heavy atom. The second kappa shape index (κ2) is 6.55. The van der Waals surface area contributed by atoms with Gasteiger partial charge in [-0.3, -0.25) is 9.59 Å². The van der Waals surface area contributed by atoms with Gasteiger partial charge in [-0.05, 0) is 48.2 Å². The van der Waals surface area contributed by atoms with Gasteiger partial charge in [0.05, 0.1) is 5.69 Å². The number of aromatic nitrogens is 1. The molecule has 0 radical (unpaired) electrons. The number of hydrogen-bond donors (Lipinski definition) is 2. The standard InChI is InChI=1S/C20H19N3O3/c1-2-9-23-17-11-15(5-6-18(17)26-12-19(23)24)22-20(25)14-4-3-13-7-8-21-16(13)10-14/h3-8,10-11,21H,2,9,12H2,1H3,(H,22,25). The summed E-state index contributed by atoms with van der Waals surface area (Å²) in [4.78, 5) is 29.5. The maximum absolute atomic E-state index is 12.6. The molecule has 2 heterocycles. The number of anilines is 2. The van der Waals surface area contributed by atoms with Crippen LogP contribution in [0.5, 0.6) is 5.75 Å². The summed E-state index contributed by atoms with van der Waals surface area (Å²) in [6, 6.07) is 12.8. The summed E-state index contributed by atoms with van der Waals surface area (Å²) in [5.74, 6) is 0.385. The zero-order chi connectivity index (χ0) is 18.1. The van der Waals surface area contributed by atoms with Crippen molar-refractivity contribution < 1.29 is 14.3 Å². The van der Waals surface area contributed by atoms with E-state index < -0.39 is 0 Å². The number of rotatable bonds is 4. The monoisotopic (exact) mass is 349 g/mol. The molecule has 2 aromatic carbocycles. The molecule has 2 N–H and O–H groups in total. The lowest BCUT2D eigenvalue weighted by Gasteiger charge is -2.29. The molecular formula is C20H19N3O3. The number of carbonyl (C=O) groups excluding carboxylic acids is 2. The van der Waals surface area contributed by atoms with Crippen LogP contribution in [0.3, 0.4) is 0 Å². The highest BCUT2D eigenvalue weighted by atomic mass is 16.5. The number of hydrogen-bond acceptors (Lipinski definition) is 3. The molecule has 6 heteroatoms. The van der Waals surface area contributed by atoms with Gasteiger partial charge in [-0.1, -0.05) is 13.0 Å². The van der Waals surface area contributed by atoms with Gasteiger partial charge >= 0.3 is 0 Å². The first-order valence-electron chi connectivity index (χ1n) is 8.61. The highest BCUT2D eigenvalue weighted by molar-refractivity contribution is 6.07. The maximum atomic E-state index is 12.6. The fourth-order valence-electron chi connectivity index (χ4n) is 3.14. The third-order valence-electron chi connectivity index (χ3n) is 4.42. The molecule has 1 aromatic heterocycles. The van der Waals surface area contributed by atoms with E-state index in [1.54, 1.807) is 29.2 Å². The zero-order valence-electron chi connectivity index (χ0n) is 14.4. The third-order valence-corrected chi connectivity index (χ3v) is 4.42. The number of nitrogens with zero attached hydrogens (tertiary/aromatic N) is 1. The Morgan fingerprint density at radius 2 is 2.12 bits per heavy atom. The Hall–Kier alpha value is -3.28. The van der Waals surface area contributed by atoms with Crippen molar-refractivity contribution in [2.24, 2.45) is 0 Å². The molecule has 3 aromatic rings. The van der Waals surface area contributed by atoms with Gasteiger partial charge in [-0.25, -0.2) is 0 Å². The van der Waals surface area contributed by atoms with Crippen molar-refractivity contribution in [2.75, 3.05) is 23.4 Å². The molecule has 4 rings (SSSR count). The molecule has 0 aliphatic carbocycles. The van der Waals surface area contributed by atoms with Crippen molar-refractivity contribution in [2.45, 2.75) is 13.3 Å². The number of amides is 2. The van der Waals surface area contributed by atoms with Gasteiger partial charge in [0.15, 0.2) is 6.61 Å². The van der Waals surface area contributed by atoms with Crippen LogP contribution in [0.1, 0.15) is 23.7 Å². The molecule has 1 aliphatic rings. The Balaban J connectivity index is 1.60. The van der Waals surface area contributed by atoms with E-state index in [1.807, 2.05) is 31.3 Å². The van der Waals surface area contributed by atoms with Crippen molar-refractivity contribution in [1.29, 1.82) is 0 Å². The predicted molar refractivity (Wildman–Crippen MR) is 101 cm³/mol. The Bertz CT molecular complexity index is 993. The average Bonchev–Trinajstić information content (AvgIpc) is 3.12. The van der Waals surface area contributed by atoms with Crippen LogP contribution in [0.2, 0.25) is 0 Å². The van der Waals surface area contributed by atoms with Crippen LogP contribution >= 0.6 is 0 Å². The molecule has 0 spiro atoms. The normalized spacial score (nSPS) is 13.4. The summed E-state index contributed by atoms with van der Waals surface area (Å²) in [6.07, 6.45) is 2.69. The van der Waals surface area contributed by atoms with Crippen molar-refractivity contribution in [3.8, 4) is 5.75 Å². The van der Waals surface area contributed by atoms with E-state index in [-0.39, 0.29) is 18.4 Å². The Labute approximate surface area is 150 Å². The molecule has 0 saturated carbocycles. The maximum Gasteiger partial charge on any atom is 0.265 e. The summed E-state index contributed by atoms with van der Waals surface area (Å²) >= 11 is 0. The van der Waals surface area contributed by atoms with Crippen LogP contribution < -0.4 is 15.0 Å². The van der Waals surface area contributed by atoms with Crippen molar-refractivity contribution >= 4 is 34.1 Å². The summed E-state index contributed by atoms with van der Waals surface area (Å²) in [5.41, 5.74) is 2.80. The molecule has 0 atom stereocenters. The zero-order valence-corrected chi connectivity index (χ0v) is 14.4. The number of ether oxygens (including phenoxy) is 1. The SMILES string of the molecule is CCCN1C(=O)COc2ccc(NC(=O)c3ccc4cc[nH]c4c3)cc21. The minimum Gasteiger partial charge on any atom is -0.482 e. The van der Waals surface area contributed by atoms with E-state index in [0.29, 0.717) is 29.2 Å². The molecule has 1 aliphatic heterocycles. The summed E-state index contributed by atoms with van der Waals surface area (Å²) in [7, 11) is 0. The quantitative estimate of drug-likeness (QED) is 0.756. The lowest BCUT2D eigenvalue weighted by atomic mass is 10.1. The molecular weight excluding hydrogens is 330 g/mol. The fourth-order valence-corrected chi connectivity index (χ4v) is 3.14. The molecule has 26 heavy (non-hydrogen) atoms. The first-order chi connectivity index (χ1) is 12.7. The number of nitrogens with one attached hydrogen (secondary N) is 2. The molecule has 0 unspecified atom stereocenters. The highest BCUT2D eigenvalue weighted by Crippen LogP contribution is 2.34. The lowest BCUT2D eigenvalue weighted by Crippen LogP contribution is -2.39. The topological polar surface area (TPSA) is 74.4 Å². The average molecular weight is 349 g/mol. The second-order valence-corrected chi connectivity index (χ2v) is 6.25. The number of benzene rings is 2. The summed E-state index contributed by atoms with van der Waals surface area (Å²) in [6.45, 7) is 2.69. The van der Waals surface area contributed by atoms with Crippen molar-refractivity contribution in [3.63, 3.8) is 0 Å². The first-order valence-corrected chi connectivity index (χ1v) is 8.61. The fraction of sp³-hybridized carbons (Fsp3) is 0.200. The second-order valence-electron chi connectivity index (χ2n) is 6.25. The van der Waals surface area contributed by atoms with Gasteiger partial charge < -0.3 is 19.9 Å². The van der Waals surface area contributed by atoms with Crippen LogP contribution in [-0.4, -0.2) is 29.9 Å².